The van der Waals surface area contributed by atoms with Crippen LogP contribution in [-0.2, 0) is 4.79 Å². The Morgan fingerprint density at radius 3 is 2.65 bits per heavy atom. The molecule has 3 rings (SSSR count). The Bertz CT molecular complexity index is 627. The zero-order valence-electron chi connectivity index (χ0n) is 11.0. The van der Waals surface area contributed by atoms with Gasteiger partial charge in [0.15, 0.2) is 0 Å². The van der Waals surface area contributed by atoms with Gasteiger partial charge in [0.1, 0.15) is 0 Å². The van der Waals surface area contributed by atoms with E-state index in [1.165, 1.54) is 4.88 Å². The second-order valence-corrected chi connectivity index (χ2v) is 5.92. The molecule has 2 aromatic rings. The van der Waals surface area contributed by atoms with Crippen LogP contribution in [-0.4, -0.2) is 17.4 Å². The number of nitrogens with zero attached hydrogens (tertiary/aromatic N) is 1. The van der Waals surface area contributed by atoms with Gasteiger partial charge in [-0.25, -0.2) is 0 Å². The Morgan fingerprint density at radius 2 is 2.05 bits per heavy atom. The average molecular weight is 281 g/mol. The Kier molecular flexibility index (Phi) is 3.58. The third-order valence-electron chi connectivity index (χ3n) is 3.63. The third-order valence-corrected chi connectivity index (χ3v) is 4.56. The monoisotopic (exact) mass is 281 g/mol. The molecule has 0 radical (unpaired) electrons. The van der Waals surface area contributed by atoms with E-state index in [0.29, 0.717) is 13.0 Å². The van der Waals surface area contributed by atoms with Crippen LogP contribution in [0.2, 0.25) is 0 Å². The van der Waals surface area contributed by atoms with Gasteiger partial charge in [0.25, 0.3) is 0 Å². The van der Waals surface area contributed by atoms with Gasteiger partial charge in [-0.15, -0.1) is 23.7 Å². The van der Waals surface area contributed by atoms with Gasteiger partial charge in [-0.05, 0) is 17.0 Å². The molecule has 2 atom stereocenters. The number of carbonyl (C=O) groups is 1. The number of hydrogen-bond donors (Lipinski definition) is 0. The first kappa shape index (κ1) is 13.0. The van der Waals surface area contributed by atoms with E-state index in [1.54, 1.807) is 11.3 Å². The lowest BCUT2D eigenvalue weighted by atomic mass is 10.0. The zero-order valence-corrected chi connectivity index (χ0v) is 11.8. The molecule has 2 unspecified atom stereocenters. The van der Waals surface area contributed by atoms with Gasteiger partial charge in [0.2, 0.25) is 5.91 Å². The van der Waals surface area contributed by atoms with Crippen LogP contribution in [0.5, 0.6) is 0 Å². The maximum Gasteiger partial charge on any atom is 0.224 e. The molecule has 2 heterocycles. The van der Waals surface area contributed by atoms with E-state index >= 15 is 0 Å². The van der Waals surface area contributed by atoms with Crippen LogP contribution in [0.1, 0.15) is 22.9 Å². The van der Waals surface area contributed by atoms with Gasteiger partial charge in [0.05, 0.1) is 6.04 Å². The van der Waals surface area contributed by atoms with Crippen molar-refractivity contribution in [2.75, 3.05) is 6.54 Å². The van der Waals surface area contributed by atoms with Gasteiger partial charge < -0.3 is 4.90 Å². The summed E-state index contributed by atoms with van der Waals surface area (Å²) in [5.41, 5.74) is 1.14. The van der Waals surface area contributed by atoms with E-state index in [1.807, 2.05) is 34.5 Å². The summed E-state index contributed by atoms with van der Waals surface area (Å²) in [4.78, 5) is 15.4. The van der Waals surface area contributed by atoms with Crippen LogP contribution in [0, 0.1) is 18.3 Å². The fourth-order valence-electron chi connectivity index (χ4n) is 2.67. The van der Waals surface area contributed by atoms with E-state index in [0.717, 1.165) is 5.56 Å². The number of thiophene rings is 1. The van der Waals surface area contributed by atoms with Gasteiger partial charge in [0, 0.05) is 23.8 Å². The number of amides is 1. The van der Waals surface area contributed by atoms with Crippen LogP contribution in [0.25, 0.3) is 0 Å². The largest absolute Gasteiger partial charge is 0.329 e. The van der Waals surface area contributed by atoms with E-state index < -0.39 is 0 Å². The van der Waals surface area contributed by atoms with Gasteiger partial charge in [-0.2, -0.15) is 0 Å². The third kappa shape index (κ3) is 2.35. The smallest absolute Gasteiger partial charge is 0.224 e. The predicted molar refractivity (Wildman–Crippen MR) is 81.3 cm³/mol. The minimum absolute atomic E-state index is 0.0120. The number of terminal acetylenes is 1. The fourth-order valence-corrected chi connectivity index (χ4v) is 3.54. The molecule has 1 amide bonds. The first-order valence-electron chi connectivity index (χ1n) is 6.63. The van der Waals surface area contributed by atoms with Crippen molar-refractivity contribution in [3.63, 3.8) is 0 Å². The maximum absolute atomic E-state index is 12.3. The SMILES string of the molecule is C#CC1CC(=O)N(C(c2ccccc2)c2cccs2)C1. The Labute approximate surface area is 123 Å². The summed E-state index contributed by atoms with van der Waals surface area (Å²) in [6.45, 7) is 0.646. The lowest BCUT2D eigenvalue weighted by Crippen LogP contribution is -2.30. The van der Waals surface area contributed by atoms with E-state index in [4.69, 9.17) is 6.42 Å². The predicted octanol–water partition coefficient (Wildman–Crippen LogP) is 3.32. The minimum Gasteiger partial charge on any atom is -0.329 e. The van der Waals surface area contributed by atoms with Crippen molar-refractivity contribution in [3.8, 4) is 12.3 Å². The molecule has 1 fully saturated rings. The van der Waals surface area contributed by atoms with Crippen LogP contribution < -0.4 is 0 Å². The summed E-state index contributed by atoms with van der Waals surface area (Å²) in [6, 6.07) is 14.2. The molecule has 100 valence electrons. The van der Waals surface area contributed by atoms with Crippen molar-refractivity contribution < 1.29 is 4.79 Å². The molecule has 2 nitrogen and oxygen atoms in total. The summed E-state index contributed by atoms with van der Waals surface area (Å²) in [7, 11) is 0. The number of rotatable bonds is 3. The number of likely N-dealkylation sites (tertiary alicyclic amines) is 1. The molecule has 1 aliphatic rings. The summed E-state index contributed by atoms with van der Waals surface area (Å²) in [6.07, 6.45) is 5.95. The summed E-state index contributed by atoms with van der Waals surface area (Å²) in [5.74, 6) is 2.90. The van der Waals surface area contributed by atoms with Crippen LogP contribution in [0.3, 0.4) is 0 Å². The second kappa shape index (κ2) is 5.52. The molecule has 1 aromatic carbocycles. The molecule has 0 bridgehead atoms. The second-order valence-electron chi connectivity index (χ2n) is 4.94. The lowest BCUT2D eigenvalue weighted by Gasteiger charge is -2.27. The first-order valence-corrected chi connectivity index (χ1v) is 7.51. The highest BCUT2D eigenvalue weighted by molar-refractivity contribution is 7.10. The van der Waals surface area contributed by atoms with Crippen LogP contribution >= 0.6 is 11.3 Å². The topological polar surface area (TPSA) is 20.3 Å². The molecule has 0 saturated carbocycles. The molecule has 0 aliphatic carbocycles. The zero-order chi connectivity index (χ0) is 13.9. The highest BCUT2D eigenvalue weighted by atomic mass is 32.1. The quantitative estimate of drug-likeness (QED) is 0.790. The minimum atomic E-state index is -0.0120. The van der Waals surface area contributed by atoms with Gasteiger partial charge in [-0.3, -0.25) is 4.79 Å². The summed E-state index contributed by atoms with van der Waals surface area (Å²) in [5, 5.41) is 2.05. The fraction of sp³-hybridized carbons (Fsp3) is 0.235. The molecule has 1 aromatic heterocycles. The molecular weight excluding hydrogens is 266 g/mol. The molecular formula is C17H15NOS. The molecule has 3 heteroatoms. The van der Waals surface area contributed by atoms with E-state index in [-0.39, 0.29) is 17.9 Å². The molecule has 1 saturated heterocycles. The standard InChI is InChI=1S/C17H15NOS/c1-2-13-11-16(19)18(12-13)17(15-9-6-10-20-15)14-7-4-3-5-8-14/h1,3-10,13,17H,11-12H2. The summed E-state index contributed by atoms with van der Waals surface area (Å²) >= 11 is 1.68. The Hall–Kier alpha value is -2.05. The van der Waals surface area contributed by atoms with Crippen molar-refractivity contribution in [1.82, 2.24) is 4.90 Å². The number of carbonyl (C=O) groups excluding carboxylic acids is 1. The Balaban J connectivity index is 1.99. The van der Waals surface area contributed by atoms with E-state index in [9.17, 15) is 4.79 Å². The highest BCUT2D eigenvalue weighted by Gasteiger charge is 2.35. The molecule has 0 N–H and O–H groups in total. The van der Waals surface area contributed by atoms with Gasteiger partial charge in [-0.1, -0.05) is 36.4 Å². The normalized spacial score (nSPS) is 19.9. The van der Waals surface area contributed by atoms with Crippen molar-refractivity contribution >= 4 is 17.2 Å². The van der Waals surface area contributed by atoms with Crippen LogP contribution in [0.15, 0.2) is 47.8 Å². The highest BCUT2D eigenvalue weighted by Crippen LogP contribution is 2.35. The first-order chi connectivity index (χ1) is 9.79. The lowest BCUT2D eigenvalue weighted by molar-refractivity contribution is -0.129. The summed E-state index contributed by atoms with van der Waals surface area (Å²) < 4.78 is 0. The number of hydrogen-bond acceptors (Lipinski definition) is 2. The maximum atomic E-state index is 12.3. The van der Waals surface area contributed by atoms with Crippen molar-refractivity contribution in [2.24, 2.45) is 5.92 Å². The van der Waals surface area contributed by atoms with E-state index in [2.05, 4.69) is 24.1 Å². The molecule has 0 spiro atoms. The van der Waals surface area contributed by atoms with Gasteiger partial charge >= 0.3 is 0 Å². The van der Waals surface area contributed by atoms with Crippen molar-refractivity contribution in [3.05, 3.63) is 58.3 Å². The molecule has 1 aliphatic heterocycles. The van der Waals surface area contributed by atoms with Crippen LogP contribution in [0.4, 0.5) is 0 Å². The Morgan fingerprint density at radius 1 is 1.25 bits per heavy atom. The van der Waals surface area contributed by atoms with Crippen molar-refractivity contribution in [1.29, 1.82) is 0 Å². The van der Waals surface area contributed by atoms with Crippen molar-refractivity contribution in [2.45, 2.75) is 12.5 Å². The average Bonchev–Trinajstić information content (AvgIpc) is 3.11. The molecule has 20 heavy (non-hydrogen) atoms. The number of benzene rings is 1.